The zero-order chi connectivity index (χ0) is 27.4. The van der Waals surface area contributed by atoms with E-state index in [-0.39, 0.29) is 17.0 Å². The fourth-order valence-electron chi connectivity index (χ4n) is 4.82. The zero-order valence-corrected chi connectivity index (χ0v) is 22.6. The van der Waals surface area contributed by atoms with Gasteiger partial charge in [0.15, 0.2) is 5.82 Å². The van der Waals surface area contributed by atoms with Crippen molar-refractivity contribution >= 4 is 0 Å². The summed E-state index contributed by atoms with van der Waals surface area (Å²) in [4.78, 5) is 4.55. The molecule has 3 aromatic rings. The maximum Gasteiger partial charge on any atom is 0.416 e. The van der Waals surface area contributed by atoms with Gasteiger partial charge in [-0.05, 0) is 37.1 Å². The standard InChI is InChI=1S/C30H40F3N3O2/c1-3-5-6-7-8-9-10-11-12-20-28-34-29(38-35-28)25-18-15-17-24(21-25)27(36(37)4-2)22-23-16-13-14-19-26(23)30(31,32)33/h13-19,21,27,37H,3-12,20,22H2,1-2H3/p+1. The van der Waals surface area contributed by atoms with E-state index in [1.54, 1.807) is 19.1 Å². The van der Waals surface area contributed by atoms with E-state index in [0.717, 1.165) is 25.3 Å². The summed E-state index contributed by atoms with van der Waals surface area (Å²) in [6, 6.07) is 12.2. The molecule has 5 nitrogen and oxygen atoms in total. The highest BCUT2D eigenvalue weighted by atomic mass is 19.4. The van der Waals surface area contributed by atoms with Gasteiger partial charge < -0.3 is 4.52 Å². The van der Waals surface area contributed by atoms with Crippen LogP contribution < -0.4 is 5.06 Å². The number of rotatable bonds is 16. The Balaban J connectivity index is 1.64. The van der Waals surface area contributed by atoms with Gasteiger partial charge in [0.05, 0.1) is 5.56 Å². The number of aromatic nitrogens is 2. The van der Waals surface area contributed by atoms with E-state index in [2.05, 4.69) is 17.1 Å². The molecule has 0 amide bonds. The summed E-state index contributed by atoms with van der Waals surface area (Å²) in [5.41, 5.74) is 0.864. The van der Waals surface area contributed by atoms with Crippen molar-refractivity contribution < 1.29 is 28.0 Å². The number of hydroxylamine groups is 2. The van der Waals surface area contributed by atoms with Crippen molar-refractivity contribution in [3.05, 3.63) is 71.0 Å². The van der Waals surface area contributed by atoms with Gasteiger partial charge in [0, 0.05) is 24.0 Å². The van der Waals surface area contributed by atoms with Crippen LogP contribution in [0.2, 0.25) is 0 Å². The van der Waals surface area contributed by atoms with Gasteiger partial charge in [-0.3, -0.25) is 0 Å². The van der Waals surface area contributed by atoms with Gasteiger partial charge in [0.2, 0.25) is 0 Å². The van der Waals surface area contributed by atoms with Gasteiger partial charge in [0.25, 0.3) is 5.89 Å². The predicted octanol–water partition coefficient (Wildman–Crippen LogP) is 7.41. The second-order valence-corrected chi connectivity index (χ2v) is 9.98. The van der Waals surface area contributed by atoms with Crippen molar-refractivity contribution in [2.24, 2.45) is 0 Å². The number of halogens is 3. The topological polar surface area (TPSA) is 63.6 Å². The monoisotopic (exact) mass is 532 g/mol. The molecule has 0 aliphatic heterocycles. The highest BCUT2D eigenvalue weighted by Gasteiger charge is 2.35. The molecule has 0 saturated carbocycles. The maximum atomic E-state index is 13.6. The number of quaternary nitrogens is 1. The van der Waals surface area contributed by atoms with E-state index < -0.39 is 17.8 Å². The van der Waals surface area contributed by atoms with Gasteiger partial charge >= 0.3 is 6.18 Å². The molecule has 38 heavy (non-hydrogen) atoms. The molecular weight excluding hydrogens is 491 g/mol. The van der Waals surface area contributed by atoms with Crippen LogP contribution in [0.4, 0.5) is 13.2 Å². The van der Waals surface area contributed by atoms with E-state index in [0.29, 0.717) is 29.4 Å². The minimum atomic E-state index is -4.46. The van der Waals surface area contributed by atoms with Crippen molar-refractivity contribution in [1.82, 2.24) is 10.1 Å². The van der Waals surface area contributed by atoms with E-state index in [4.69, 9.17) is 4.52 Å². The predicted molar refractivity (Wildman–Crippen MR) is 142 cm³/mol. The number of hydrogen-bond acceptors (Lipinski definition) is 4. The Morgan fingerprint density at radius 3 is 2.26 bits per heavy atom. The van der Waals surface area contributed by atoms with Crippen LogP contribution >= 0.6 is 0 Å². The third-order valence-electron chi connectivity index (χ3n) is 7.02. The van der Waals surface area contributed by atoms with Gasteiger partial charge in [-0.2, -0.15) is 23.2 Å². The average Bonchev–Trinajstić information content (AvgIpc) is 3.39. The minimum Gasteiger partial charge on any atom is -0.334 e. The molecule has 208 valence electrons. The van der Waals surface area contributed by atoms with Gasteiger partial charge in [0.1, 0.15) is 12.6 Å². The SMILES string of the molecule is CCCCCCCCCCCc1noc(-c2cccc(C(Cc3ccccc3C(F)(F)F)[NH+](O)CC)c2)n1. The first-order chi connectivity index (χ1) is 18.3. The van der Waals surface area contributed by atoms with Crippen molar-refractivity contribution in [2.45, 2.75) is 96.7 Å². The molecule has 2 N–H and O–H groups in total. The number of alkyl halides is 3. The van der Waals surface area contributed by atoms with Crippen LogP contribution in [0, 0.1) is 0 Å². The maximum absolute atomic E-state index is 13.6. The van der Waals surface area contributed by atoms with Gasteiger partial charge in [-0.1, -0.05) is 93.8 Å². The minimum absolute atomic E-state index is 0.0342. The lowest BCUT2D eigenvalue weighted by atomic mass is 9.94. The summed E-state index contributed by atoms with van der Waals surface area (Å²) in [5.74, 6) is 1.04. The summed E-state index contributed by atoms with van der Waals surface area (Å²) in [6.07, 6.45) is 7.52. The molecule has 2 unspecified atom stereocenters. The van der Waals surface area contributed by atoms with E-state index in [9.17, 15) is 18.4 Å². The number of nitrogens with one attached hydrogen (secondary N) is 1. The van der Waals surface area contributed by atoms with Crippen LogP contribution in [-0.4, -0.2) is 21.9 Å². The lowest BCUT2D eigenvalue weighted by Crippen LogP contribution is -3.10. The summed E-state index contributed by atoms with van der Waals surface area (Å²) < 4.78 is 46.3. The van der Waals surface area contributed by atoms with E-state index in [1.165, 1.54) is 57.1 Å². The molecule has 8 heteroatoms. The smallest absolute Gasteiger partial charge is 0.334 e. The average molecular weight is 533 g/mol. The Morgan fingerprint density at radius 2 is 1.58 bits per heavy atom. The normalized spacial score (nSPS) is 13.5. The fourth-order valence-corrected chi connectivity index (χ4v) is 4.82. The van der Waals surface area contributed by atoms with Crippen LogP contribution in [0.5, 0.6) is 0 Å². The molecule has 1 heterocycles. The van der Waals surface area contributed by atoms with Crippen LogP contribution in [0.25, 0.3) is 11.5 Å². The Bertz CT molecular complexity index is 1100. The Labute approximate surface area is 224 Å². The number of likely N-dealkylation sites (N-methyl/N-ethyl adjacent to an activating group) is 1. The van der Waals surface area contributed by atoms with E-state index >= 15 is 0 Å². The summed E-state index contributed by atoms with van der Waals surface area (Å²) >= 11 is 0. The van der Waals surface area contributed by atoms with Crippen molar-refractivity contribution in [1.29, 1.82) is 0 Å². The first-order valence-electron chi connectivity index (χ1n) is 14.0. The zero-order valence-electron chi connectivity index (χ0n) is 22.6. The number of benzene rings is 2. The summed E-state index contributed by atoms with van der Waals surface area (Å²) in [7, 11) is 0. The third kappa shape index (κ3) is 8.95. The van der Waals surface area contributed by atoms with Gasteiger partial charge in [-0.25, -0.2) is 5.21 Å². The molecule has 0 aliphatic carbocycles. The first-order valence-corrected chi connectivity index (χ1v) is 14.0. The van der Waals surface area contributed by atoms with Crippen LogP contribution in [0.1, 0.15) is 100 Å². The molecular formula is C30H41F3N3O2+. The molecule has 0 radical (unpaired) electrons. The molecule has 0 fully saturated rings. The molecule has 0 bridgehead atoms. The highest BCUT2D eigenvalue weighted by molar-refractivity contribution is 5.54. The highest BCUT2D eigenvalue weighted by Crippen LogP contribution is 2.33. The van der Waals surface area contributed by atoms with Crippen LogP contribution in [0.3, 0.4) is 0 Å². The largest absolute Gasteiger partial charge is 0.416 e. The van der Waals surface area contributed by atoms with Crippen LogP contribution in [0.15, 0.2) is 53.1 Å². The molecule has 1 aromatic heterocycles. The Kier molecular flexibility index (Phi) is 11.8. The Hall–Kier alpha value is -2.71. The summed E-state index contributed by atoms with van der Waals surface area (Å²) in [6.45, 7) is 4.36. The number of aryl methyl sites for hydroxylation is 1. The number of hydrogen-bond donors (Lipinski definition) is 2. The summed E-state index contributed by atoms with van der Waals surface area (Å²) in [5, 5.41) is 14.9. The first kappa shape index (κ1) is 29.8. The molecule has 0 aliphatic rings. The lowest BCUT2D eigenvalue weighted by molar-refractivity contribution is -1.11. The van der Waals surface area contributed by atoms with Crippen molar-refractivity contribution in [3.8, 4) is 11.5 Å². The number of nitrogens with zero attached hydrogens (tertiary/aromatic N) is 2. The molecule has 0 spiro atoms. The van der Waals surface area contributed by atoms with Gasteiger partial charge in [-0.15, -0.1) is 0 Å². The van der Waals surface area contributed by atoms with E-state index in [1.807, 2.05) is 18.2 Å². The fraction of sp³-hybridized carbons (Fsp3) is 0.533. The molecule has 2 atom stereocenters. The second-order valence-electron chi connectivity index (χ2n) is 9.98. The van der Waals surface area contributed by atoms with Crippen LogP contribution in [-0.2, 0) is 19.0 Å². The molecule has 3 rings (SSSR count). The van der Waals surface area contributed by atoms with Crippen molar-refractivity contribution in [2.75, 3.05) is 6.54 Å². The Morgan fingerprint density at radius 1 is 0.895 bits per heavy atom. The second kappa shape index (κ2) is 15.0. The number of unbranched alkanes of at least 4 members (excludes halogenated alkanes) is 8. The molecule has 0 saturated heterocycles. The quantitative estimate of drug-likeness (QED) is 0.149. The van der Waals surface area contributed by atoms with Crippen molar-refractivity contribution in [3.63, 3.8) is 0 Å². The lowest BCUT2D eigenvalue weighted by Gasteiger charge is -2.23. The third-order valence-corrected chi connectivity index (χ3v) is 7.02. The molecule has 2 aromatic carbocycles.